The van der Waals surface area contributed by atoms with E-state index in [0.717, 1.165) is 18.8 Å². The van der Waals surface area contributed by atoms with Crippen molar-refractivity contribution in [3.63, 3.8) is 0 Å². The van der Waals surface area contributed by atoms with E-state index in [1.807, 2.05) is 12.1 Å². The lowest BCUT2D eigenvalue weighted by Crippen LogP contribution is -2.32. The van der Waals surface area contributed by atoms with E-state index in [-0.39, 0.29) is 0 Å². The third-order valence-electron chi connectivity index (χ3n) is 2.51. The van der Waals surface area contributed by atoms with Gasteiger partial charge in [-0.25, -0.2) is 9.78 Å². The quantitative estimate of drug-likeness (QED) is 0.737. The van der Waals surface area contributed by atoms with Crippen molar-refractivity contribution in [3.05, 3.63) is 23.9 Å². The van der Waals surface area contributed by atoms with E-state index in [4.69, 9.17) is 0 Å². The number of aromatic nitrogens is 1. The SMILES string of the molecule is CCCN(c1cccc(C(=O)OC)n1)C(C)C. The van der Waals surface area contributed by atoms with Crippen molar-refractivity contribution >= 4 is 11.8 Å². The van der Waals surface area contributed by atoms with E-state index in [2.05, 4.69) is 35.4 Å². The first-order valence-corrected chi connectivity index (χ1v) is 5.92. The molecule has 0 radical (unpaired) electrons. The third kappa shape index (κ3) is 3.44. The lowest BCUT2D eigenvalue weighted by atomic mass is 10.2. The summed E-state index contributed by atoms with van der Waals surface area (Å²) >= 11 is 0. The minimum absolute atomic E-state index is 0.353. The van der Waals surface area contributed by atoms with Gasteiger partial charge in [0.25, 0.3) is 0 Å². The molecule has 0 fully saturated rings. The van der Waals surface area contributed by atoms with Gasteiger partial charge in [0.1, 0.15) is 5.82 Å². The van der Waals surface area contributed by atoms with Gasteiger partial charge in [-0.15, -0.1) is 0 Å². The Hall–Kier alpha value is -1.58. The summed E-state index contributed by atoms with van der Waals surface area (Å²) in [5.41, 5.74) is 0.353. The number of nitrogens with zero attached hydrogens (tertiary/aromatic N) is 2. The molecule has 0 amide bonds. The first-order chi connectivity index (χ1) is 8.10. The summed E-state index contributed by atoms with van der Waals surface area (Å²) in [6, 6.07) is 5.77. The van der Waals surface area contributed by atoms with Crippen LogP contribution in [0, 0.1) is 0 Å². The van der Waals surface area contributed by atoms with Gasteiger partial charge in [-0.05, 0) is 32.4 Å². The number of rotatable bonds is 5. The van der Waals surface area contributed by atoms with Crippen LogP contribution in [0.25, 0.3) is 0 Å². The fourth-order valence-electron chi connectivity index (χ4n) is 1.68. The molecule has 0 bridgehead atoms. The Kier molecular flexibility index (Phi) is 4.94. The van der Waals surface area contributed by atoms with Crippen LogP contribution in [0.1, 0.15) is 37.7 Å². The van der Waals surface area contributed by atoms with Gasteiger partial charge in [-0.2, -0.15) is 0 Å². The summed E-state index contributed by atoms with van der Waals surface area (Å²) in [4.78, 5) is 17.9. The second kappa shape index (κ2) is 6.23. The maximum Gasteiger partial charge on any atom is 0.356 e. The highest BCUT2D eigenvalue weighted by Gasteiger charge is 2.13. The zero-order valence-corrected chi connectivity index (χ0v) is 10.9. The zero-order valence-electron chi connectivity index (χ0n) is 10.9. The minimum Gasteiger partial charge on any atom is -0.464 e. The smallest absolute Gasteiger partial charge is 0.356 e. The Morgan fingerprint density at radius 1 is 1.47 bits per heavy atom. The summed E-state index contributed by atoms with van der Waals surface area (Å²) in [7, 11) is 1.36. The van der Waals surface area contributed by atoms with Crippen molar-refractivity contribution in [2.75, 3.05) is 18.6 Å². The molecule has 0 aromatic carbocycles. The Labute approximate surface area is 103 Å². The van der Waals surface area contributed by atoms with Gasteiger partial charge in [-0.1, -0.05) is 13.0 Å². The van der Waals surface area contributed by atoms with Gasteiger partial charge < -0.3 is 9.64 Å². The molecule has 1 rings (SSSR count). The summed E-state index contributed by atoms with van der Waals surface area (Å²) in [6.07, 6.45) is 1.04. The predicted molar refractivity (Wildman–Crippen MR) is 68.3 cm³/mol. The minimum atomic E-state index is -0.396. The first kappa shape index (κ1) is 13.5. The van der Waals surface area contributed by atoms with Gasteiger partial charge in [0.15, 0.2) is 5.69 Å². The molecule has 4 nitrogen and oxygen atoms in total. The van der Waals surface area contributed by atoms with Gasteiger partial charge in [0, 0.05) is 12.6 Å². The van der Waals surface area contributed by atoms with Gasteiger partial charge in [-0.3, -0.25) is 0 Å². The molecule has 0 saturated carbocycles. The van der Waals surface area contributed by atoms with E-state index < -0.39 is 5.97 Å². The summed E-state index contributed by atoms with van der Waals surface area (Å²) < 4.78 is 4.67. The number of hydrogen-bond acceptors (Lipinski definition) is 4. The second-order valence-electron chi connectivity index (χ2n) is 4.16. The summed E-state index contributed by atoms with van der Waals surface area (Å²) in [5, 5.41) is 0. The highest BCUT2D eigenvalue weighted by molar-refractivity contribution is 5.87. The fourth-order valence-corrected chi connectivity index (χ4v) is 1.68. The molecule has 1 heterocycles. The van der Waals surface area contributed by atoms with Crippen molar-refractivity contribution < 1.29 is 9.53 Å². The first-order valence-electron chi connectivity index (χ1n) is 5.92. The van der Waals surface area contributed by atoms with Crippen LogP contribution < -0.4 is 4.90 Å². The third-order valence-corrected chi connectivity index (χ3v) is 2.51. The molecule has 0 aliphatic carbocycles. The Bertz CT molecular complexity index is 377. The van der Waals surface area contributed by atoms with Crippen molar-refractivity contribution in [3.8, 4) is 0 Å². The molecule has 0 atom stereocenters. The number of carbonyl (C=O) groups is 1. The van der Waals surface area contributed by atoms with Crippen molar-refractivity contribution in [2.45, 2.75) is 33.2 Å². The van der Waals surface area contributed by atoms with Gasteiger partial charge >= 0.3 is 5.97 Å². The molecular formula is C13H20N2O2. The molecular weight excluding hydrogens is 216 g/mol. The molecule has 0 unspecified atom stereocenters. The van der Waals surface area contributed by atoms with Crippen LogP contribution in [0.3, 0.4) is 0 Å². The molecule has 0 N–H and O–H groups in total. The number of anilines is 1. The van der Waals surface area contributed by atoms with Gasteiger partial charge in [0.2, 0.25) is 0 Å². The van der Waals surface area contributed by atoms with Crippen molar-refractivity contribution in [2.24, 2.45) is 0 Å². The Morgan fingerprint density at radius 2 is 2.18 bits per heavy atom. The van der Waals surface area contributed by atoms with E-state index in [0.29, 0.717) is 11.7 Å². The molecule has 0 aliphatic rings. The van der Waals surface area contributed by atoms with Crippen LogP contribution in [-0.4, -0.2) is 30.6 Å². The van der Waals surface area contributed by atoms with Crippen LogP contribution in [0.4, 0.5) is 5.82 Å². The highest BCUT2D eigenvalue weighted by Crippen LogP contribution is 2.15. The Morgan fingerprint density at radius 3 is 2.71 bits per heavy atom. The molecule has 1 aromatic heterocycles. The number of pyridine rings is 1. The molecule has 4 heteroatoms. The largest absolute Gasteiger partial charge is 0.464 e. The van der Waals surface area contributed by atoms with Crippen LogP contribution >= 0.6 is 0 Å². The van der Waals surface area contributed by atoms with Crippen LogP contribution in [0.15, 0.2) is 18.2 Å². The standard InChI is InChI=1S/C13H20N2O2/c1-5-9-15(10(2)3)12-8-6-7-11(14-12)13(16)17-4/h6-8,10H,5,9H2,1-4H3. The number of carbonyl (C=O) groups excluding carboxylic acids is 1. The van der Waals surface area contributed by atoms with Crippen molar-refractivity contribution in [1.29, 1.82) is 0 Å². The fraction of sp³-hybridized carbons (Fsp3) is 0.538. The lowest BCUT2D eigenvalue weighted by molar-refractivity contribution is 0.0594. The average Bonchev–Trinajstić information content (AvgIpc) is 2.34. The molecule has 94 valence electrons. The molecule has 0 spiro atoms. The zero-order chi connectivity index (χ0) is 12.8. The van der Waals surface area contributed by atoms with E-state index in [1.54, 1.807) is 6.07 Å². The Balaban J connectivity index is 2.99. The topological polar surface area (TPSA) is 42.4 Å². The average molecular weight is 236 g/mol. The molecule has 17 heavy (non-hydrogen) atoms. The van der Waals surface area contributed by atoms with Crippen LogP contribution in [0.2, 0.25) is 0 Å². The summed E-state index contributed by atoms with van der Waals surface area (Å²) in [5.74, 6) is 0.428. The number of methoxy groups -OCH3 is 1. The van der Waals surface area contributed by atoms with Crippen LogP contribution in [0.5, 0.6) is 0 Å². The second-order valence-corrected chi connectivity index (χ2v) is 4.16. The van der Waals surface area contributed by atoms with Gasteiger partial charge in [0.05, 0.1) is 7.11 Å². The maximum absolute atomic E-state index is 11.4. The van der Waals surface area contributed by atoms with Crippen LogP contribution in [-0.2, 0) is 4.74 Å². The molecule has 1 aromatic rings. The molecule has 0 saturated heterocycles. The molecule has 0 aliphatic heterocycles. The summed E-state index contributed by atoms with van der Waals surface area (Å²) in [6.45, 7) is 7.28. The monoisotopic (exact) mass is 236 g/mol. The lowest BCUT2D eigenvalue weighted by Gasteiger charge is -2.27. The highest BCUT2D eigenvalue weighted by atomic mass is 16.5. The number of hydrogen-bond donors (Lipinski definition) is 0. The predicted octanol–water partition coefficient (Wildman–Crippen LogP) is 2.49. The van der Waals surface area contributed by atoms with E-state index >= 15 is 0 Å². The van der Waals surface area contributed by atoms with Crippen molar-refractivity contribution in [1.82, 2.24) is 4.98 Å². The van der Waals surface area contributed by atoms with E-state index in [1.165, 1.54) is 7.11 Å². The maximum atomic E-state index is 11.4. The normalized spacial score (nSPS) is 10.4. The number of esters is 1. The van der Waals surface area contributed by atoms with E-state index in [9.17, 15) is 4.79 Å². The number of ether oxygens (including phenoxy) is 1.